The van der Waals surface area contributed by atoms with E-state index in [9.17, 15) is 4.79 Å². The van der Waals surface area contributed by atoms with Crippen molar-refractivity contribution in [3.8, 4) is 5.75 Å². The molecule has 0 atom stereocenters. The van der Waals surface area contributed by atoms with E-state index in [4.69, 9.17) is 4.74 Å². The van der Waals surface area contributed by atoms with E-state index in [0.29, 0.717) is 6.54 Å². The molecule has 0 spiro atoms. The second-order valence-electron chi connectivity index (χ2n) is 6.25. The van der Waals surface area contributed by atoms with Crippen molar-refractivity contribution < 1.29 is 9.53 Å². The van der Waals surface area contributed by atoms with E-state index >= 15 is 0 Å². The maximum absolute atomic E-state index is 13.2. The molecular weight excluding hydrogens is 300 g/mol. The number of para-hydroxylation sites is 1. The molecule has 3 aromatic rings. The largest absolute Gasteiger partial charge is 0.495 e. The molecule has 0 unspecified atom stereocenters. The number of ether oxygens (including phenoxy) is 1. The van der Waals surface area contributed by atoms with Crippen molar-refractivity contribution in [1.29, 1.82) is 0 Å². The van der Waals surface area contributed by atoms with Gasteiger partial charge in [-0.15, -0.1) is 0 Å². The molecule has 1 aromatic heterocycles. The van der Waals surface area contributed by atoms with E-state index in [1.165, 1.54) is 11.1 Å². The highest BCUT2D eigenvalue weighted by Gasteiger charge is 2.25. The Morgan fingerprint density at radius 2 is 1.92 bits per heavy atom. The molecule has 0 fully saturated rings. The zero-order valence-corrected chi connectivity index (χ0v) is 13.9. The number of carbonyl (C=O) groups is 1. The van der Waals surface area contributed by atoms with Crippen molar-refractivity contribution in [1.82, 2.24) is 9.88 Å². The summed E-state index contributed by atoms with van der Waals surface area (Å²) in [5, 5.41) is 0.927. The SMILES string of the molecule is COc1cccc2c(C(=O)N3CCc4ccccc4C3)c(C)[nH]c12. The molecule has 1 aliphatic heterocycles. The van der Waals surface area contributed by atoms with Crippen LogP contribution < -0.4 is 4.74 Å². The summed E-state index contributed by atoms with van der Waals surface area (Å²) in [5.41, 5.74) is 5.12. The van der Waals surface area contributed by atoms with Crippen LogP contribution in [0, 0.1) is 6.92 Å². The highest BCUT2D eigenvalue weighted by molar-refractivity contribution is 6.09. The van der Waals surface area contributed by atoms with Crippen LogP contribution in [0.15, 0.2) is 42.5 Å². The van der Waals surface area contributed by atoms with E-state index in [1.54, 1.807) is 7.11 Å². The minimum Gasteiger partial charge on any atom is -0.495 e. The normalized spacial score (nSPS) is 13.8. The number of hydrogen-bond acceptors (Lipinski definition) is 2. The van der Waals surface area contributed by atoms with Gasteiger partial charge in [0.25, 0.3) is 5.91 Å². The first-order chi connectivity index (χ1) is 11.7. The van der Waals surface area contributed by atoms with Gasteiger partial charge in [0.2, 0.25) is 0 Å². The lowest BCUT2D eigenvalue weighted by Gasteiger charge is -2.29. The number of methoxy groups -OCH3 is 1. The van der Waals surface area contributed by atoms with E-state index < -0.39 is 0 Å². The Hall–Kier alpha value is -2.75. The van der Waals surface area contributed by atoms with Crippen LogP contribution in [0.2, 0.25) is 0 Å². The molecule has 1 aliphatic rings. The number of aromatic amines is 1. The summed E-state index contributed by atoms with van der Waals surface area (Å²) >= 11 is 0. The van der Waals surface area contributed by atoms with Crippen molar-refractivity contribution in [2.75, 3.05) is 13.7 Å². The third-order valence-corrected chi connectivity index (χ3v) is 4.83. The molecule has 122 valence electrons. The molecule has 0 saturated heterocycles. The quantitative estimate of drug-likeness (QED) is 0.783. The number of rotatable bonds is 2. The minimum atomic E-state index is 0.0847. The second kappa shape index (κ2) is 5.71. The highest BCUT2D eigenvalue weighted by Crippen LogP contribution is 2.31. The maximum atomic E-state index is 13.2. The van der Waals surface area contributed by atoms with Gasteiger partial charge < -0.3 is 14.6 Å². The Balaban J connectivity index is 1.73. The highest BCUT2D eigenvalue weighted by atomic mass is 16.5. The van der Waals surface area contributed by atoms with Crippen LogP contribution in [0.25, 0.3) is 10.9 Å². The number of nitrogens with zero attached hydrogens (tertiary/aromatic N) is 1. The van der Waals surface area contributed by atoms with Gasteiger partial charge in [0, 0.05) is 24.2 Å². The van der Waals surface area contributed by atoms with E-state index in [-0.39, 0.29) is 5.91 Å². The van der Waals surface area contributed by atoms with Gasteiger partial charge in [-0.25, -0.2) is 0 Å². The topological polar surface area (TPSA) is 45.3 Å². The number of fused-ring (bicyclic) bond motifs is 2. The van der Waals surface area contributed by atoms with Crippen LogP contribution in [-0.4, -0.2) is 29.4 Å². The first-order valence-electron chi connectivity index (χ1n) is 8.20. The van der Waals surface area contributed by atoms with Gasteiger partial charge in [-0.3, -0.25) is 4.79 Å². The summed E-state index contributed by atoms with van der Waals surface area (Å²) in [5.74, 6) is 0.847. The number of aromatic nitrogens is 1. The molecule has 0 saturated carbocycles. The molecule has 2 aromatic carbocycles. The van der Waals surface area contributed by atoms with E-state index in [2.05, 4.69) is 23.2 Å². The first kappa shape index (κ1) is 14.8. The summed E-state index contributed by atoms with van der Waals surface area (Å²) in [4.78, 5) is 18.4. The zero-order valence-electron chi connectivity index (χ0n) is 13.9. The monoisotopic (exact) mass is 320 g/mol. The Morgan fingerprint density at radius 1 is 1.12 bits per heavy atom. The number of aryl methyl sites for hydroxylation is 1. The molecule has 4 heteroatoms. The number of carbonyl (C=O) groups excluding carboxylic acids is 1. The van der Waals surface area contributed by atoms with Crippen molar-refractivity contribution in [3.05, 3.63) is 64.8 Å². The molecule has 1 amide bonds. The molecular formula is C20H20N2O2. The van der Waals surface area contributed by atoms with Crippen LogP contribution in [0.1, 0.15) is 27.2 Å². The van der Waals surface area contributed by atoms with Crippen molar-refractivity contribution >= 4 is 16.8 Å². The van der Waals surface area contributed by atoms with Crippen molar-refractivity contribution in [2.45, 2.75) is 19.9 Å². The number of H-pyrrole nitrogens is 1. The molecule has 2 heterocycles. The summed E-state index contributed by atoms with van der Waals surface area (Å²) in [6, 6.07) is 14.2. The number of hydrogen-bond donors (Lipinski definition) is 1. The Morgan fingerprint density at radius 3 is 2.71 bits per heavy atom. The molecule has 4 nitrogen and oxygen atoms in total. The maximum Gasteiger partial charge on any atom is 0.256 e. The molecule has 0 aliphatic carbocycles. The lowest BCUT2D eigenvalue weighted by Crippen LogP contribution is -2.36. The van der Waals surface area contributed by atoms with Crippen molar-refractivity contribution in [3.63, 3.8) is 0 Å². The Kier molecular flexibility index (Phi) is 3.53. The van der Waals surface area contributed by atoms with Crippen LogP contribution in [0.4, 0.5) is 0 Å². The Labute approximate surface area is 141 Å². The molecule has 0 bridgehead atoms. The molecule has 4 rings (SSSR count). The number of benzene rings is 2. The minimum absolute atomic E-state index is 0.0847. The average Bonchev–Trinajstić information content (AvgIpc) is 2.96. The van der Waals surface area contributed by atoms with E-state index in [0.717, 1.165) is 40.9 Å². The van der Waals surface area contributed by atoms with Gasteiger partial charge in [-0.2, -0.15) is 0 Å². The first-order valence-corrected chi connectivity index (χ1v) is 8.20. The van der Waals surface area contributed by atoms with Crippen LogP contribution in [-0.2, 0) is 13.0 Å². The third-order valence-electron chi connectivity index (χ3n) is 4.83. The molecule has 1 N–H and O–H groups in total. The fourth-order valence-electron chi connectivity index (χ4n) is 3.59. The molecule has 0 radical (unpaired) electrons. The smallest absolute Gasteiger partial charge is 0.256 e. The summed E-state index contributed by atoms with van der Waals surface area (Å²) < 4.78 is 5.41. The summed E-state index contributed by atoms with van der Waals surface area (Å²) in [6.45, 7) is 3.38. The fourth-order valence-corrected chi connectivity index (χ4v) is 3.59. The third kappa shape index (κ3) is 2.26. The lowest BCUT2D eigenvalue weighted by molar-refractivity contribution is 0.0736. The lowest BCUT2D eigenvalue weighted by atomic mass is 9.99. The summed E-state index contributed by atoms with van der Waals surface area (Å²) in [6.07, 6.45) is 0.909. The second-order valence-corrected chi connectivity index (χ2v) is 6.25. The number of nitrogens with one attached hydrogen (secondary N) is 1. The van der Waals surface area contributed by atoms with Crippen LogP contribution in [0.3, 0.4) is 0 Å². The van der Waals surface area contributed by atoms with Gasteiger partial charge in [-0.1, -0.05) is 36.4 Å². The standard InChI is InChI=1S/C20H20N2O2/c1-13-18(16-8-5-9-17(24-2)19(16)21-13)20(23)22-11-10-14-6-3-4-7-15(14)12-22/h3-9,21H,10-12H2,1-2H3. The molecule has 24 heavy (non-hydrogen) atoms. The average molecular weight is 320 g/mol. The van der Waals surface area contributed by atoms with Gasteiger partial charge in [0.1, 0.15) is 5.75 Å². The van der Waals surface area contributed by atoms with Gasteiger partial charge in [0.15, 0.2) is 0 Å². The van der Waals surface area contributed by atoms with Gasteiger partial charge in [0.05, 0.1) is 18.2 Å². The fraction of sp³-hybridized carbons (Fsp3) is 0.250. The van der Waals surface area contributed by atoms with Crippen LogP contribution >= 0.6 is 0 Å². The van der Waals surface area contributed by atoms with E-state index in [1.807, 2.05) is 36.1 Å². The van der Waals surface area contributed by atoms with Gasteiger partial charge in [-0.05, 0) is 30.5 Å². The number of amides is 1. The zero-order chi connectivity index (χ0) is 16.7. The van der Waals surface area contributed by atoms with Crippen LogP contribution in [0.5, 0.6) is 5.75 Å². The van der Waals surface area contributed by atoms with Crippen molar-refractivity contribution in [2.24, 2.45) is 0 Å². The Bertz CT molecular complexity index is 927. The summed E-state index contributed by atoms with van der Waals surface area (Å²) in [7, 11) is 1.65. The predicted octanol–water partition coefficient (Wildman–Crippen LogP) is 3.68. The predicted molar refractivity (Wildman–Crippen MR) is 94.5 cm³/mol. The van der Waals surface area contributed by atoms with Gasteiger partial charge >= 0.3 is 0 Å².